The average molecular weight is 673 g/mol. The minimum atomic E-state index is -0.0333. The monoisotopic (exact) mass is 672 g/mol. The van der Waals surface area contributed by atoms with Gasteiger partial charge in [-0.25, -0.2) is 0 Å². The molecule has 0 spiro atoms. The zero-order valence-corrected chi connectivity index (χ0v) is 29.8. The summed E-state index contributed by atoms with van der Waals surface area (Å²) in [6.07, 6.45) is 0. The Morgan fingerprint density at radius 2 is 0.755 bits per heavy atom. The van der Waals surface area contributed by atoms with Crippen LogP contribution in [0.4, 0.5) is 0 Å². The molecule has 0 aliphatic heterocycles. The van der Waals surface area contributed by atoms with Gasteiger partial charge in [-0.3, -0.25) is 0 Å². The number of hydrogen-bond donors (Lipinski definition) is 0. The van der Waals surface area contributed by atoms with Gasteiger partial charge in [0.15, 0.2) is 0 Å². The van der Waals surface area contributed by atoms with E-state index in [-0.39, 0.29) is 5.41 Å². The van der Waals surface area contributed by atoms with Crippen LogP contribution in [0.3, 0.4) is 0 Å². The van der Waals surface area contributed by atoms with Crippen molar-refractivity contribution >= 4 is 53.9 Å². The fourth-order valence-electron chi connectivity index (χ4n) is 9.37. The molecule has 11 rings (SSSR count). The number of fused-ring (bicyclic) bond motifs is 8. The summed E-state index contributed by atoms with van der Waals surface area (Å²) in [7, 11) is 0. The summed E-state index contributed by atoms with van der Waals surface area (Å²) >= 11 is 0. The van der Waals surface area contributed by atoms with E-state index in [0.29, 0.717) is 0 Å². The molecule has 1 aliphatic rings. The summed E-state index contributed by atoms with van der Waals surface area (Å²) in [5, 5.41) is 12.8. The highest BCUT2D eigenvalue weighted by atomic mass is 14.4. The maximum Gasteiger partial charge on any atom is 0.0159 e. The van der Waals surface area contributed by atoms with Crippen molar-refractivity contribution in [3.8, 4) is 44.5 Å². The summed E-state index contributed by atoms with van der Waals surface area (Å²) in [4.78, 5) is 0. The Morgan fingerprint density at radius 1 is 0.283 bits per heavy atom. The lowest BCUT2D eigenvalue weighted by atomic mass is 9.81. The van der Waals surface area contributed by atoms with Gasteiger partial charge in [-0.2, -0.15) is 0 Å². The van der Waals surface area contributed by atoms with Gasteiger partial charge in [-0.15, -0.1) is 0 Å². The molecule has 0 unspecified atom stereocenters. The van der Waals surface area contributed by atoms with Gasteiger partial charge in [0.2, 0.25) is 0 Å². The van der Waals surface area contributed by atoms with E-state index in [1.165, 1.54) is 109 Å². The predicted molar refractivity (Wildman–Crippen MR) is 228 cm³/mol. The lowest BCUT2D eigenvalue weighted by Crippen LogP contribution is -2.14. The Labute approximate surface area is 309 Å². The first-order valence-corrected chi connectivity index (χ1v) is 18.7. The minimum absolute atomic E-state index is 0.0333. The van der Waals surface area contributed by atoms with E-state index in [4.69, 9.17) is 0 Å². The van der Waals surface area contributed by atoms with Gasteiger partial charge >= 0.3 is 0 Å². The van der Waals surface area contributed by atoms with Crippen molar-refractivity contribution in [3.63, 3.8) is 0 Å². The van der Waals surface area contributed by atoms with Gasteiger partial charge in [0.05, 0.1) is 0 Å². The molecule has 10 aromatic carbocycles. The van der Waals surface area contributed by atoms with Crippen molar-refractivity contribution in [2.75, 3.05) is 0 Å². The van der Waals surface area contributed by atoms with Crippen molar-refractivity contribution in [3.05, 3.63) is 193 Å². The van der Waals surface area contributed by atoms with Crippen LogP contribution in [0.1, 0.15) is 25.0 Å². The van der Waals surface area contributed by atoms with E-state index in [0.717, 1.165) is 0 Å². The Balaban J connectivity index is 1.05. The fraction of sp³-hybridized carbons (Fsp3) is 0.0566. The van der Waals surface area contributed by atoms with E-state index >= 15 is 0 Å². The van der Waals surface area contributed by atoms with Crippen LogP contribution in [0.2, 0.25) is 0 Å². The van der Waals surface area contributed by atoms with Gasteiger partial charge in [-0.05, 0) is 140 Å². The lowest BCUT2D eigenvalue weighted by Gasteiger charge is -2.22. The Kier molecular flexibility index (Phi) is 6.40. The van der Waals surface area contributed by atoms with E-state index in [1.807, 2.05) is 0 Å². The van der Waals surface area contributed by atoms with Crippen LogP contribution in [-0.2, 0) is 5.41 Å². The largest absolute Gasteiger partial charge is 0.0616 e. The molecule has 0 nitrogen and oxygen atoms in total. The lowest BCUT2D eigenvalue weighted by molar-refractivity contribution is 0.661. The second-order valence-electron chi connectivity index (χ2n) is 15.3. The van der Waals surface area contributed by atoms with Gasteiger partial charge in [0, 0.05) is 5.41 Å². The van der Waals surface area contributed by atoms with Gasteiger partial charge in [0.25, 0.3) is 0 Å². The molecule has 0 saturated carbocycles. The standard InChI is InChI=1S/C53H36/c1-53(2)49-27-26-39(31-47(49)48-30-34-13-3-4-14-35(34)32-50(48)53)37-22-23-38-29-40(25-24-36(38)28-37)51-43-17-7-9-19-45(43)52(46-20-10-8-18-44(46)51)42-21-11-15-33-12-5-6-16-41(33)42/h3-32H,1-2H3. The molecule has 1 aliphatic carbocycles. The van der Waals surface area contributed by atoms with Gasteiger partial charge in [0.1, 0.15) is 0 Å². The van der Waals surface area contributed by atoms with Crippen LogP contribution in [0.5, 0.6) is 0 Å². The predicted octanol–water partition coefficient (Wildman–Crippen LogP) is 14.8. The molecule has 0 saturated heterocycles. The van der Waals surface area contributed by atoms with Crippen molar-refractivity contribution < 1.29 is 0 Å². The van der Waals surface area contributed by atoms with E-state index in [9.17, 15) is 0 Å². The van der Waals surface area contributed by atoms with Crippen LogP contribution >= 0.6 is 0 Å². The zero-order chi connectivity index (χ0) is 35.3. The summed E-state index contributed by atoms with van der Waals surface area (Å²) in [6, 6.07) is 68.0. The SMILES string of the molecule is CC1(C)c2ccc(-c3ccc4cc(-c5c6ccccc6c(-c6cccc7ccccc67)c6ccccc56)ccc4c3)cc2-c2cc3ccccc3cc21. The second kappa shape index (κ2) is 11.2. The molecule has 0 heteroatoms. The van der Waals surface area contributed by atoms with Crippen molar-refractivity contribution in [1.82, 2.24) is 0 Å². The molecule has 0 atom stereocenters. The topological polar surface area (TPSA) is 0 Å². The molecule has 0 N–H and O–H groups in total. The smallest absolute Gasteiger partial charge is 0.0159 e. The van der Waals surface area contributed by atoms with Crippen molar-refractivity contribution in [2.24, 2.45) is 0 Å². The fourth-order valence-corrected chi connectivity index (χ4v) is 9.37. The van der Waals surface area contributed by atoms with Crippen LogP contribution in [0.25, 0.3) is 98.4 Å². The van der Waals surface area contributed by atoms with E-state index < -0.39 is 0 Å². The number of hydrogen-bond acceptors (Lipinski definition) is 0. The summed E-state index contributed by atoms with van der Waals surface area (Å²) in [5.74, 6) is 0. The third-order valence-corrected chi connectivity index (χ3v) is 12.0. The zero-order valence-electron chi connectivity index (χ0n) is 29.8. The molecule has 0 radical (unpaired) electrons. The minimum Gasteiger partial charge on any atom is -0.0616 e. The van der Waals surface area contributed by atoms with Crippen molar-refractivity contribution in [2.45, 2.75) is 19.3 Å². The molecule has 0 heterocycles. The highest BCUT2D eigenvalue weighted by Gasteiger charge is 2.35. The highest BCUT2D eigenvalue weighted by Crippen LogP contribution is 2.51. The molecule has 0 amide bonds. The molecule has 0 bridgehead atoms. The van der Waals surface area contributed by atoms with Crippen LogP contribution < -0.4 is 0 Å². The third kappa shape index (κ3) is 4.49. The first-order chi connectivity index (χ1) is 26.0. The van der Waals surface area contributed by atoms with Crippen LogP contribution in [0.15, 0.2) is 182 Å². The maximum absolute atomic E-state index is 2.42. The van der Waals surface area contributed by atoms with E-state index in [2.05, 4.69) is 196 Å². The summed E-state index contributed by atoms with van der Waals surface area (Å²) in [6.45, 7) is 4.73. The molecule has 0 fully saturated rings. The first kappa shape index (κ1) is 30.2. The normalized spacial score (nSPS) is 13.2. The number of benzene rings is 10. The Morgan fingerprint density at radius 3 is 1.45 bits per heavy atom. The second-order valence-corrected chi connectivity index (χ2v) is 15.3. The quantitative estimate of drug-likeness (QED) is 0.164. The van der Waals surface area contributed by atoms with Gasteiger partial charge in [-0.1, -0.05) is 166 Å². The molecular weight excluding hydrogens is 637 g/mol. The van der Waals surface area contributed by atoms with E-state index in [1.54, 1.807) is 0 Å². The molecule has 10 aromatic rings. The molecular formula is C53H36. The van der Waals surface area contributed by atoms with Crippen LogP contribution in [-0.4, -0.2) is 0 Å². The Hall–Kier alpha value is -6.50. The molecule has 0 aromatic heterocycles. The van der Waals surface area contributed by atoms with Crippen molar-refractivity contribution in [1.29, 1.82) is 0 Å². The highest BCUT2D eigenvalue weighted by molar-refractivity contribution is 6.23. The number of rotatable bonds is 3. The average Bonchev–Trinajstić information content (AvgIpc) is 3.42. The summed E-state index contributed by atoms with van der Waals surface area (Å²) in [5.41, 5.74) is 13.1. The van der Waals surface area contributed by atoms with Gasteiger partial charge < -0.3 is 0 Å². The molecule has 53 heavy (non-hydrogen) atoms. The summed E-state index contributed by atoms with van der Waals surface area (Å²) < 4.78 is 0. The molecule has 248 valence electrons. The first-order valence-electron chi connectivity index (χ1n) is 18.7. The Bertz CT molecular complexity index is 3080. The maximum atomic E-state index is 2.42. The third-order valence-electron chi connectivity index (χ3n) is 12.0. The van der Waals surface area contributed by atoms with Crippen LogP contribution in [0, 0.1) is 0 Å².